The summed E-state index contributed by atoms with van der Waals surface area (Å²) in [6.07, 6.45) is 1.80. The Kier molecular flexibility index (Phi) is 5.20. The Morgan fingerprint density at radius 3 is 2.58 bits per heavy atom. The molecule has 2 aromatic rings. The van der Waals surface area contributed by atoms with Gasteiger partial charge < -0.3 is 10.2 Å². The molecular weight excluding hydrogens is 345 g/mol. The Hall–Kier alpha value is -2.51. The van der Waals surface area contributed by atoms with Crippen LogP contribution in [0.1, 0.15) is 37.8 Å². The van der Waals surface area contributed by atoms with Crippen LogP contribution >= 0.6 is 0 Å². The maximum atomic E-state index is 13.1. The van der Waals surface area contributed by atoms with E-state index in [4.69, 9.17) is 0 Å². The molecule has 1 aliphatic heterocycles. The van der Waals surface area contributed by atoms with Gasteiger partial charge in [-0.25, -0.2) is 0 Å². The second-order valence-electron chi connectivity index (χ2n) is 6.43. The number of amides is 1. The average molecular weight is 366 g/mol. The van der Waals surface area contributed by atoms with Crippen LogP contribution in [0, 0.1) is 0 Å². The normalized spacial score (nSPS) is 16.4. The predicted octanol–water partition coefficient (Wildman–Crippen LogP) is 4.09. The van der Waals surface area contributed by atoms with Crippen molar-refractivity contribution in [3.05, 3.63) is 42.2 Å². The largest absolute Gasteiger partial charge is 0.416 e. The first-order chi connectivity index (χ1) is 12.4. The van der Waals surface area contributed by atoms with Crippen LogP contribution in [-0.2, 0) is 11.0 Å². The van der Waals surface area contributed by atoms with Gasteiger partial charge in [-0.15, -0.1) is 0 Å². The number of hydrogen-bond acceptors (Lipinski definition) is 3. The Morgan fingerprint density at radius 1 is 1.23 bits per heavy atom. The van der Waals surface area contributed by atoms with Gasteiger partial charge in [0.15, 0.2) is 0 Å². The van der Waals surface area contributed by atoms with E-state index in [0.717, 1.165) is 44.5 Å². The van der Waals surface area contributed by atoms with Gasteiger partial charge in [-0.1, -0.05) is 0 Å². The van der Waals surface area contributed by atoms with Crippen molar-refractivity contribution in [2.45, 2.75) is 38.4 Å². The molecule has 1 aromatic carbocycles. The van der Waals surface area contributed by atoms with Crippen molar-refractivity contribution in [3.8, 4) is 0 Å². The van der Waals surface area contributed by atoms with Gasteiger partial charge in [0.2, 0.25) is 5.91 Å². The average Bonchev–Trinajstić information content (AvgIpc) is 3.15. The van der Waals surface area contributed by atoms with E-state index in [0.29, 0.717) is 5.69 Å². The van der Waals surface area contributed by atoms with E-state index in [1.54, 1.807) is 25.4 Å². The quantitative estimate of drug-likeness (QED) is 0.887. The van der Waals surface area contributed by atoms with Gasteiger partial charge in [0.1, 0.15) is 6.04 Å². The molecule has 8 heteroatoms. The number of benzene rings is 1. The SMILES string of the molecule is CC(C(=O)Nc1cc(C(F)(F)F)ccc1N1CCCCC1)n1cccn1. The second-order valence-corrected chi connectivity index (χ2v) is 6.43. The zero-order valence-electron chi connectivity index (χ0n) is 14.5. The van der Waals surface area contributed by atoms with Gasteiger partial charge in [-0.05, 0) is 50.5 Å². The number of carbonyl (C=O) groups is 1. The van der Waals surface area contributed by atoms with E-state index >= 15 is 0 Å². The van der Waals surface area contributed by atoms with Gasteiger partial charge >= 0.3 is 6.18 Å². The lowest BCUT2D eigenvalue weighted by Gasteiger charge is -2.31. The third-order valence-electron chi connectivity index (χ3n) is 4.58. The van der Waals surface area contributed by atoms with Gasteiger partial charge in [0.05, 0.1) is 16.9 Å². The highest BCUT2D eigenvalue weighted by atomic mass is 19.4. The summed E-state index contributed by atoms with van der Waals surface area (Å²) in [5.74, 6) is -0.411. The third-order valence-corrected chi connectivity index (χ3v) is 4.58. The minimum Gasteiger partial charge on any atom is -0.370 e. The van der Waals surface area contributed by atoms with Crippen LogP contribution in [0.5, 0.6) is 0 Å². The predicted molar refractivity (Wildman–Crippen MR) is 93.1 cm³/mol. The van der Waals surface area contributed by atoms with Gasteiger partial charge in [-0.2, -0.15) is 18.3 Å². The standard InChI is InChI=1S/C18H21F3N4O/c1-13(25-11-5-8-22-25)17(26)23-15-12-14(18(19,20)21)6-7-16(15)24-9-3-2-4-10-24/h5-8,11-13H,2-4,9-10H2,1H3,(H,23,26). The summed E-state index contributed by atoms with van der Waals surface area (Å²) in [4.78, 5) is 14.6. The zero-order valence-corrected chi connectivity index (χ0v) is 14.5. The van der Waals surface area contributed by atoms with E-state index in [1.165, 1.54) is 10.7 Å². The molecule has 0 aliphatic carbocycles. The molecule has 26 heavy (non-hydrogen) atoms. The molecule has 1 saturated heterocycles. The molecule has 1 aliphatic rings. The summed E-state index contributed by atoms with van der Waals surface area (Å²) < 4.78 is 40.8. The number of rotatable bonds is 4. The van der Waals surface area contributed by atoms with Crippen molar-refractivity contribution in [2.24, 2.45) is 0 Å². The third kappa shape index (κ3) is 4.00. The first-order valence-electron chi connectivity index (χ1n) is 8.62. The van der Waals surface area contributed by atoms with Crippen molar-refractivity contribution < 1.29 is 18.0 Å². The Morgan fingerprint density at radius 2 is 1.96 bits per heavy atom. The molecule has 0 spiro atoms. The van der Waals surface area contributed by atoms with E-state index in [2.05, 4.69) is 10.4 Å². The second kappa shape index (κ2) is 7.39. The summed E-state index contributed by atoms with van der Waals surface area (Å²) in [6.45, 7) is 3.18. The Balaban J connectivity index is 1.89. The number of halogens is 3. The smallest absolute Gasteiger partial charge is 0.370 e. The summed E-state index contributed by atoms with van der Waals surface area (Å²) >= 11 is 0. The maximum absolute atomic E-state index is 13.1. The number of anilines is 2. The maximum Gasteiger partial charge on any atom is 0.416 e. The summed E-state index contributed by atoms with van der Waals surface area (Å²) in [5.41, 5.74) is 0.0322. The first kappa shape index (κ1) is 18.3. The van der Waals surface area contributed by atoms with Gasteiger partial charge in [0, 0.05) is 25.5 Å². The molecule has 0 saturated carbocycles. The lowest BCUT2D eigenvalue weighted by molar-refractivity contribution is -0.137. The molecule has 1 amide bonds. The van der Waals surface area contributed by atoms with Crippen LogP contribution in [0.15, 0.2) is 36.7 Å². The Labute approximate surface area is 149 Å². The van der Waals surface area contributed by atoms with Crippen LogP contribution in [0.3, 0.4) is 0 Å². The fourth-order valence-corrected chi connectivity index (χ4v) is 3.09. The van der Waals surface area contributed by atoms with Crippen molar-refractivity contribution in [3.63, 3.8) is 0 Å². The summed E-state index contributed by atoms with van der Waals surface area (Å²) in [5, 5.41) is 6.68. The first-order valence-corrected chi connectivity index (χ1v) is 8.62. The summed E-state index contributed by atoms with van der Waals surface area (Å²) in [7, 11) is 0. The number of piperidine rings is 1. The molecule has 0 bridgehead atoms. The van der Waals surface area contributed by atoms with Crippen LogP contribution < -0.4 is 10.2 Å². The van der Waals surface area contributed by atoms with Crippen LogP contribution in [0.2, 0.25) is 0 Å². The fourth-order valence-electron chi connectivity index (χ4n) is 3.09. The van der Waals surface area contributed by atoms with Crippen molar-refractivity contribution in [2.75, 3.05) is 23.3 Å². The molecule has 0 radical (unpaired) electrons. The highest BCUT2D eigenvalue weighted by Crippen LogP contribution is 2.36. The molecule has 5 nitrogen and oxygen atoms in total. The van der Waals surface area contributed by atoms with E-state index in [9.17, 15) is 18.0 Å². The topological polar surface area (TPSA) is 50.2 Å². The van der Waals surface area contributed by atoms with Crippen LogP contribution in [0.25, 0.3) is 0 Å². The van der Waals surface area contributed by atoms with E-state index in [-0.39, 0.29) is 5.69 Å². The lowest BCUT2D eigenvalue weighted by atomic mass is 10.1. The number of nitrogens with zero attached hydrogens (tertiary/aromatic N) is 3. The minimum absolute atomic E-state index is 0.186. The molecule has 140 valence electrons. The van der Waals surface area contributed by atoms with E-state index < -0.39 is 23.7 Å². The molecule has 1 N–H and O–H groups in total. The monoisotopic (exact) mass is 366 g/mol. The number of alkyl halides is 3. The number of aromatic nitrogens is 2. The number of carbonyl (C=O) groups excluding carboxylic acids is 1. The number of hydrogen-bond donors (Lipinski definition) is 1. The van der Waals surface area contributed by atoms with E-state index in [1.807, 2.05) is 4.90 Å². The lowest BCUT2D eigenvalue weighted by Crippen LogP contribution is -2.31. The van der Waals surface area contributed by atoms with Gasteiger partial charge in [0.25, 0.3) is 0 Å². The minimum atomic E-state index is -4.46. The molecule has 1 fully saturated rings. The fraction of sp³-hybridized carbons (Fsp3) is 0.444. The summed E-state index contributed by atoms with van der Waals surface area (Å²) in [6, 6.07) is 4.58. The van der Waals surface area contributed by atoms with Crippen molar-refractivity contribution >= 4 is 17.3 Å². The zero-order chi connectivity index (χ0) is 18.7. The molecule has 2 heterocycles. The molecule has 1 unspecified atom stereocenters. The van der Waals surface area contributed by atoms with Crippen LogP contribution in [0.4, 0.5) is 24.5 Å². The molecule has 3 rings (SSSR count). The molecule has 1 aromatic heterocycles. The highest BCUT2D eigenvalue weighted by molar-refractivity contribution is 5.96. The molecular formula is C18H21F3N4O. The molecule has 1 atom stereocenters. The van der Waals surface area contributed by atoms with Gasteiger partial charge in [-0.3, -0.25) is 9.48 Å². The highest BCUT2D eigenvalue weighted by Gasteiger charge is 2.32. The Bertz CT molecular complexity index is 752. The van der Waals surface area contributed by atoms with Crippen molar-refractivity contribution in [1.29, 1.82) is 0 Å². The van der Waals surface area contributed by atoms with Crippen LogP contribution in [-0.4, -0.2) is 28.8 Å². The van der Waals surface area contributed by atoms with Crippen molar-refractivity contribution in [1.82, 2.24) is 9.78 Å². The number of nitrogens with one attached hydrogen (secondary N) is 1.